The van der Waals surface area contributed by atoms with E-state index in [1.807, 2.05) is 39.8 Å². The second-order valence-corrected chi connectivity index (χ2v) is 6.63. The topological polar surface area (TPSA) is 54.5 Å². The summed E-state index contributed by atoms with van der Waals surface area (Å²) in [7, 11) is 0. The highest BCUT2D eigenvalue weighted by atomic mass is 16.2. The highest BCUT2D eigenvalue weighted by molar-refractivity contribution is 6.06. The Morgan fingerprint density at radius 3 is 2.29 bits per heavy atom. The number of Topliss-reactive ketones (excluding diaryl/α,β-unsaturated/α-hetero) is 1. The summed E-state index contributed by atoms with van der Waals surface area (Å²) in [6.45, 7) is 7.41. The Labute approximate surface area is 125 Å². The van der Waals surface area contributed by atoms with Crippen LogP contribution in [-0.4, -0.2) is 29.0 Å². The third-order valence-corrected chi connectivity index (χ3v) is 3.86. The highest BCUT2D eigenvalue weighted by Gasteiger charge is 2.38. The van der Waals surface area contributed by atoms with Crippen molar-refractivity contribution in [2.24, 2.45) is 5.41 Å². The van der Waals surface area contributed by atoms with Gasteiger partial charge < -0.3 is 0 Å². The van der Waals surface area contributed by atoms with Crippen molar-refractivity contribution in [2.45, 2.75) is 40.5 Å². The molecule has 4 nitrogen and oxygen atoms in total. The molecule has 1 aromatic rings. The normalized spacial score (nSPS) is 18.0. The van der Waals surface area contributed by atoms with Crippen LogP contribution in [0.5, 0.6) is 0 Å². The lowest BCUT2D eigenvalue weighted by Gasteiger charge is -2.34. The Balaban J connectivity index is 2.18. The molecule has 1 heterocycles. The molecule has 1 aromatic carbocycles. The average molecular weight is 287 g/mol. The number of likely N-dealkylation sites (tertiary alicyclic amines) is 1. The molecule has 0 N–H and O–H groups in total. The first-order valence-corrected chi connectivity index (χ1v) is 7.13. The van der Waals surface area contributed by atoms with Crippen molar-refractivity contribution in [3.8, 4) is 0 Å². The summed E-state index contributed by atoms with van der Waals surface area (Å²) < 4.78 is 0. The molecule has 1 saturated heterocycles. The van der Waals surface area contributed by atoms with Gasteiger partial charge in [0.15, 0.2) is 5.78 Å². The summed E-state index contributed by atoms with van der Waals surface area (Å²) in [5.41, 5.74) is 2.12. The molecule has 0 radical (unpaired) electrons. The van der Waals surface area contributed by atoms with Gasteiger partial charge in [-0.05, 0) is 30.9 Å². The highest BCUT2D eigenvalue weighted by Crippen LogP contribution is 2.31. The van der Waals surface area contributed by atoms with Crippen LogP contribution in [0.3, 0.4) is 0 Å². The summed E-state index contributed by atoms with van der Waals surface area (Å²) >= 11 is 0. The number of nitrogens with zero attached hydrogens (tertiary/aromatic N) is 1. The van der Waals surface area contributed by atoms with Crippen molar-refractivity contribution in [2.75, 3.05) is 6.54 Å². The summed E-state index contributed by atoms with van der Waals surface area (Å²) in [6, 6.07) is 5.62. The van der Waals surface area contributed by atoms with Crippen molar-refractivity contribution in [3.63, 3.8) is 0 Å². The van der Waals surface area contributed by atoms with Gasteiger partial charge in [0, 0.05) is 18.4 Å². The smallest absolute Gasteiger partial charge is 0.230 e. The van der Waals surface area contributed by atoms with Gasteiger partial charge in [0.05, 0.1) is 6.54 Å². The van der Waals surface area contributed by atoms with E-state index < -0.39 is 0 Å². The fourth-order valence-electron chi connectivity index (χ4n) is 2.65. The minimum atomic E-state index is -0.313. The predicted octanol–water partition coefficient (Wildman–Crippen LogP) is 2.66. The largest absolute Gasteiger partial charge is 0.292 e. The van der Waals surface area contributed by atoms with Crippen molar-refractivity contribution in [3.05, 3.63) is 34.9 Å². The van der Waals surface area contributed by atoms with Gasteiger partial charge in [-0.3, -0.25) is 19.3 Å². The van der Waals surface area contributed by atoms with E-state index in [1.165, 1.54) is 0 Å². The number of benzene rings is 1. The Hall–Kier alpha value is -1.97. The minimum absolute atomic E-state index is 0.155. The summed E-state index contributed by atoms with van der Waals surface area (Å²) in [4.78, 5) is 37.7. The lowest BCUT2D eigenvalue weighted by Crippen LogP contribution is -2.48. The Kier molecular flexibility index (Phi) is 3.99. The number of rotatable bonds is 3. The van der Waals surface area contributed by atoms with E-state index in [0.29, 0.717) is 18.4 Å². The van der Waals surface area contributed by atoms with Crippen LogP contribution >= 0.6 is 0 Å². The van der Waals surface area contributed by atoms with Crippen LogP contribution in [0, 0.1) is 19.3 Å². The molecule has 2 rings (SSSR count). The summed E-state index contributed by atoms with van der Waals surface area (Å²) in [5, 5.41) is 0. The number of hydrogen-bond donors (Lipinski definition) is 0. The molecule has 1 aliphatic heterocycles. The molecule has 2 amide bonds. The maximum absolute atomic E-state index is 12.4. The van der Waals surface area contributed by atoms with E-state index in [4.69, 9.17) is 0 Å². The first kappa shape index (κ1) is 15.4. The molecule has 0 aromatic heterocycles. The van der Waals surface area contributed by atoms with Crippen molar-refractivity contribution in [1.82, 2.24) is 4.90 Å². The van der Waals surface area contributed by atoms with E-state index in [2.05, 4.69) is 0 Å². The average Bonchev–Trinajstić information content (AvgIpc) is 2.35. The molecule has 1 fully saturated rings. The lowest BCUT2D eigenvalue weighted by molar-refractivity contribution is -0.151. The zero-order valence-corrected chi connectivity index (χ0v) is 13.0. The fraction of sp³-hybridized carbons (Fsp3) is 0.471. The molecule has 0 unspecified atom stereocenters. The fourth-order valence-corrected chi connectivity index (χ4v) is 2.65. The van der Waals surface area contributed by atoms with Crippen molar-refractivity contribution in [1.29, 1.82) is 0 Å². The van der Waals surface area contributed by atoms with Crippen LogP contribution in [-0.2, 0) is 9.59 Å². The molecule has 0 bridgehead atoms. The molecule has 1 aliphatic rings. The zero-order chi connectivity index (χ0) is 15.8. The Bertz CT molecular complexity index is 596. The van der Waals surface area contributed by atoms with Gasteiger partial charge in [-0.2, -0.15) is 0 Å². The van der Waals surface area contributed by atoms with Gasteiger partial charge in [0.1, 0.15) is 0 Å². The van der Waals surface area contributed by atoms with Gasteiger partial charge in [-0.1, -0.05) is 31.5 Å². The van der Waals surface area contributed by atoms with Crippen LogP contribution in [0.25, 0.3) is 0 Å². The zero-order valence-electron chi connectivity index (χ0n) is 13.0. The third kappa shape index (κ3) is 3.38. The number of aryl methyl sites for hydroxylation is 2. The maximum Gasteiger partial charge on any atom is 0.230 e. The third-order valence-electron chi connectivity index (χ3n) is 3.86. The summed E-state index contributed by atoms with van der Waals surface area (Å²) in [5.74, 6) is -0.692. The second-order valence-electron chi connectivity index (χ2n) is 6.63. The molecular formula is C17H21NO3. The number of piperidine rings is 1. The van der Waals surface area contributed by atoms with Crippen LogP contribution in [0.2, 0.25) is 0 Å². The molecule has 112 valence electrons. The van der Waals surface area contributed by atoms with E-state index in [-0.39, 0.29) is 29.6 Å². The molecular weight excluding hydrogens is 266 g/mol. The van der Waals surface area contributed by atoms with E-state index >= 15 is 0 Å². The number of hydrogen-bond acceptors (Lipinski definition) is 3. The molecule has 0 aliphatic carbocycles. The lowest BCUT2D eigenvalue weighted by atomic mass is 9.81. The summed E-state index contributed by atoms with van der Waals surface area (Å²) in [6.07, 6.45) is 0.609. The molecule has 0 atom stereocenters. The van der Waals surface area contributed by atoms with Gasteiger partial charge in [-0.15, -0.1) is 0 Å². The molecule has 0 spiro atoms. The van der Waals surface area contributed by atoms with Crippen molar-refractivity contribution >= 4 is 17.6 Å². The minimum Gasteiger partial charge on any atom is -0.292 e. The van der Waals surface area contributed by atoms with Gasteiger partial charge in [0.25, 0.3) is 0 Å². The van der Waals surface area contributed by atoms with Crippen molar-refractivity contribution < 1.29 is 14.4 Å². The van der Waals surface area contributed by atoms with E-state index in [9.17, 15) is 14.4 Å². The number of amides is 2. The maximum atomic E-state index is 12.4. The van der Waals surface area contributed by atoms with E-state index in [1.54, 1.807) is 6.07 Å². The molecule has 0 saturated carbocycles. The Morgan fingerprint density at radius 1 is 1.14 bits per heavy atom. The van der Waals surface area contributed by atoms with Gasteiger partial charge >= 0.3 is 0 Å². The number of carbonyl (C=O) groups excluding carboxylic acids is 3. The van der Waals surface area contributed by atoms with Gasteiger partial charge in [-0.25, -0.2) is 0 Å². The first-order chi connectivity index (χ1) is 9.69. The standard InChI is InChI=1S/C17H21NO3/c1-11-5-6-12(2)13(7-11)14(19)10-18-15(20)8-17(3,4)9-16(18)21/h5-7H,8-10H2,1-4H3. The number of imide groups is 1. The van der Waals surface area contributed by atoms with Gasteiger partial charge in [0.2, 0.25) is 11.8 Å². The second kappa shape index (κ2) is 5.43. The SMILES string of the molecule is Cc1ccc(C)c(C(=O)CN2C(=O)CC(C)(C)CC2=O)c1. The number of carbonyl (C=O) groups is 3. The quantitative estimate of drug-likeness (QED) is 0.634. The first-order valence-electron chi connectivity index (χ1n) is 7.13. The molecule has 21 heavy (non-hydrogen) atoms. The number of ketones is 1. The van der Waals surface area contributed by atoms with Crippen LogP contribution < -0.4 is 0 Å². The predicted molar refractivity (Wildman–Crippen MR) is 80.0 cm³/mol. The van der Waals surface area contributed by atoms with Crippen LogP contribution in [0.15, 0.2) is 18.2 Å². The van der Waals surface area contributed by atoms with Crippen LogP contribution in [0.4, 0.5) is 0 Å². The monoisotopic (exact) mass is 287 g/mol. The molecule has 4 heteroatoms. The van der Waals surface area contributed by atoms with E-state index in [0.717, 1.165) is 16.0 Å². The van der Waals surface area contributed by atoms with Crippen LogP contribution in [0.1, 0.15) is 48.2 Å². The Morgan fingerprint density at radius 2 is 1.71 bits per heavy atom.